The average Bonchev–Trinajstić information content (AvgIpc) is 2.91. The molecule has 0 bridgehead atoms. The number of unbranched alkanes of at least 4 members (excludes halogenated alkanes) is 4. The van der Waals surface area contributed by atoms with E-state index in [2.05, 4.69) is 17.6 Å². The number of nitrogens with one attached hydrogen (secondary N) is 2. The van der Waals surface area contributed by atoms with E-state index in [1.165, 1.54) is 25.7 Å². The molecule has 0 fully saturated rings. The van der Waals surface area contributed by atoms with Crippen LogP contribution in [0.5, 0.6) is 5.75 Å². The molecule has 3 aromatic rings. The fourth-order valence-electron chi connectivity index (χ4n) is 3.92. The maximum atomic E-state index is 13.1. The molecule has 0 aliphatic rings. The number of para-hydroxylation sites is 1. The zero-order chi connectivity index (χ0) is 25.6. The number of benzene rings is 3. The van der Waals surface area contributed by atoms with Gasteiger partial charge in [0, 0.05) is 35.2 Å². The summed E-state index contributed by atoms with van der Waals surface area (Å²) < 4.78 is 5.83. The lowest BCUT2D eigenvalue weighted by Gasteiger charge is -2.21. The van der Waals surface area contributed by atoms with Gasteiger partial charge in [-0.25, -0.2) is 0 Å². The van der Waals surface area contributed by atoms with Crippen molar-refractivity contribution in [3.8, 4) is 5.75 Å². The Balaban J connectivity index is 1.50. The summed E-state index contributed by atoms with van der Waals surface area (Å²) in [7, 11) is 0. The van der Waals surface area contributed by atoms with Crippen molar-refractivity contribution >= 4 is 28.9 Å². The molecule has 2 amide bonds. The largest absolute Gasteiger partial charge is 0.494 e. The highest BCUT2D eigenvalue weighted by molar-refractivity contribution is 6.06. The number of carbonyl (C=O) groups is 2. The van der Waals surface area contributed by atoms with Crippen molar-refractivity contribution in [2.24, 2.45) is 0 Å². The van der Waals surface area contributed by atoms with E-state index in [4.69, 9.17) is 4.74 Å². The highest BCUT2D eigenvalue weighted by Gasteiger charge is 2.16. The zero-order valence-corrected chi connectivity index (χ0v) is 21.3. The second-order valence-corrected chi connectivity index (χ2v) is 8.66. The Kier molecular flexibility index (Phi) is 10.8. The van der Waals surface area contributed by atoms with E-state index in [0.717, 1.165) is 17.9 Å². The second kappa shape index (κ2) is 14.6. The number of nitrogens with zero attached hydrogens (tertiary/aromatic N) is 1. The van der Waals surface area contributed by atoms with Gasteiger partial charge in [0.1, 0.15) is 5.75 Å². The Morgan fingerprint density at radius 2 is 1.56 bits per heavy atom. The Morgan fingerprint density at radius 1 is 0.806 bits per heavy atom. The fourth-order valence-corrected chi connectivity index (χ4v) is 3.92. The van der Waals surface area contributed by atoms with E-state index < -0.39 is 0 Å². The molecule has 0 radical (unpaired) electrons. The molecule has 0 saturated carbocycles. The standard InChI is InChI=1S/C30H37N3O3/c1-3-5-6-7-11-20-36-28-19-13-16-26(22-28)32-29(34)23-31-25-15-12-14-24(21-25)30(35)33(4-2)27-17-9-8-10-18-27/h8-10,12-19,21-22,31H,3-7,11,20,23H2,1-2H3,(H,32,34). The molecular formula is C30H37N3O3. The third kappa shape index (κ3) is 8.45. The summed E-state index contributed by atoms with van der Waals surface area (Å²) in [5.74, 6) is 0.489. The maximum absolute atomic E-state index is 13.1. The van der Waals surface area contributed by atoms with Crippen LogP contribution in [-0.4, -0.2) is 31.5 Å². The van der Waals surface area contributed by atoms with Crippen LogP contribution in [0.15, 0.2) is 78.9 Å². The molecule has 6 nitrogen and oxygen atoms in total. The van der Waals surface area contributed by atoms with Gasteiger partial charge in [-0.3, -0.25) is 9.59 Å². The average molecular weight is 488 g/mol. The van der Waals surface area contributed by atoms with Crippen LogP contribution < -0.4 is 20.3 Å². The molecular weight excluding hydrogens is 450 g/mol. The quantitative estimate of drug-likeness (QED) is 0.247. The molecule has 0 heterocycles. The van der Waals surface area contributed by atoms with Crippen LogP contribution in [0.1, 0.15) is 56.3 Å². The number of hydrogen-bond acceptors (Lipinski definition) is 4. The lowest BCUT2D eigenvalue weighted by molar-refractivity contribution is -0.114. The van der Waals surface area contributed by atoms with Crippen LogP contribution in [0.4, 0.5) is 17.1 Å². The molecule has 6 heteroatoms. The summed E-state index contributed by atoms with van der Waals surface area (Å²) in [6.45, 7) is 5.47. The van der Waals surface area contributed by atoms with Crippen LogP contribution in [0.2, 0.25) is 0 Å². The van der Waals surface area contributed by atoms with Gasteiger partial charge in [-0.05, 0) is 55.8 Å². The summed E-state index contributed by atoms with van der Waals surface area (Å²) in [6, 6.07) is 24.3. The van der Waals surface area contributed by atoms with Gasteiger partial charge in [-0.2, -0.15) is 0 Å². The zero-order valence-electron chi connectivity index (χ0n) is 21.3. The number of carbonyl (C=O) groups excluding carboxylic acids is 2. The van der Waals surface area contributed by atoms with Crippen molar-refractivity contribution in [3.63, 3.8) is 0 Å². The van der Waals surface area contributed by atoms with Crippen molar-refractivity contribution in [2.75, 3.05) is 35.2 Å². The highest BCUT2D eigenvalue weighted by Crippen LogP contribution is 2.20. The first-order valence-electron chi connectivity index (χ1n) is 12.8. The normalized spacial score (nSPS) is 10.5. The van der Waals surface area contributed by atoms with Gasteiger partial charge >= 0.3 is 0 Å². The molecule has 0 saturated heterocycles. The monoisotopic (exact) mass is 487 g/mol. The van der Waals surface area contributed by atoms with Gasteiger partial charge in [0.05, 0.1) is 13.2 Å². The van der Waals surface area contributed by atoms with Crippen LogP contribution in [-0.2, 0) is 4.79 Å². The third-order valence-corrected chi connectivity index (χ3v) is 5.83. The molecule has 3 rings (SSSR count). The number of anilines is 3. The van der Waals surface area contributed by atoms with E-state index >= 15 is 0 Å². The van der Waals surface area contributed by atoms with E-state index in [0.29, 0.717) is 30.1 Å². The van der Waals surface area contributed by atoms with Gasteiger partial charge < -0.3 is 20.3 Å². The Hall–Kier alpha value is -3.80. The van der Waals surface area contributed by atoms with E-state index in [-0.39, 0.29) is 18.4 Å². The molecule has 0 spiro atoms. The molecule has 190 valence electrons. The van der Waals surface area contributed by atoms with Crippen molar-refractivity contribution < 1.29 is 14.3 Å². The van der Waals surface area contributed by atoms with Gasteiger partial charge in [0.15, 0.2) is 0 Å². The number of hydrogen-bond donors (Lipinski definition) is 2. The maximum Gasteiger partial charge on any atom is 0.258 e. The first kappa shape index (κ1) is 26.8. The minimum atomic E-state index is -0.178. The Bertz CT molecular complexity index is 1100. The Labute approximate surface area is 214 Å². The molecule has 0 aromatic heterocycles. The Morgan fingerprint density at radius 3 is 2.33 bits per heavy atom. The van der Waals surface area contributed by atoms with Crippen LogP contribution in [0, 0.1) is 0 Å². The summed E-state index contributed by atoms with van der Waals surface area (Å²) in [5.41, 5.74) is 2.81. The second-order valence-electron chi connectivity index (χ2n) is 8.66. The molecule has 0 unspecified atom stereocenters. The topological polar surface area (TPSA) is 70.7 Å². The van der Waals surface area contributed by atoms with Gasteiger partial charge in [0.2, 0.25) is 5.91 Å². The molecule has 36 heavy (non-hydrogen) atoms. The number of ether oxygens (including phenoxy) is 1. The predicted octanol–water partition coefficient (Wildman–Crippen LogP) is 6.75. The van der Waals surface area contributed by atoms with E-state index in [9.17, 15) is 9.59 Å². The summed E-state index contributed by atoms with van der Waals surface area (Å²) in [6.07, 6.45) is 5.94. The molecule has 2 N–H and O–H groups in total. The van der Waals surface area contributed by atoms with Gasteiger partial charge in [-0.15, -0.1) is 0 Å². The predicted molar refractivity (Wildman–Crippen MR) is 148 cm³/mol. The first-order valence-corrected chi connectivity index (χ1v) is 12.8. The smallest absolute Gasteiger partial charge is 0.258 e. The summed E-state index contributed by atoms with van der Waals surface area (Å²) in [4.78, 5) is 27.3. The fraction of sp³-hybridized carbons (Fsp3) is 0.333. The summed E-state index contributed by atoms with van der Waals surface area (Å²) >= 11 is 0. The SMILES string of the molecule is CCCCCCCOc1cccc(NC(=O)CNc2cccc(C(=O)N(CC)c3ccccc3)c2)c1. The van der Waals surface area contributed by atoms with Crippen LogP contribution in [0.3, 0.4) is 0 Å². The molecule has 0 atom stereocenters. The van der Waals surface area contributed by atoms with Gasteiger partial charge in [-0.1, -0.05) is 62.9 Å². The number of amides is 2. The minimum Gasteiger partial charge on any atom is -0.494 e. The minimum absolute atomic E-state index is 0.0797. The van der Waals surface area contributed by atoms with Crippen molar-refractivity contribution in [3.05, 3.63) is 84.4 Å². The number of rotatable bonds is 14. The van der Waals surface area contributed by atoms with Crippen molar-refractivity contribution in [1.82, 2.24) is 0 Å². The van der Waals surface area contributed by atoms with Crippen LogP contribution >= 0.6 is 0 Å². The first-order chi connectivity index (χ1) is 17.6. The van der Waals surface area contributed by atoms with E-state index in [1.807, 2.05) is 73.7 Å². The third-order valence-electron chi connectivity index (χ3n) is 5.83. The molecule has 0 aliphatic carbocycles. The van der Waals surface area contributed by atoms with Crippen LogP contribution in [0.25, 0.3) is 0 Å². The molecule has 0 aliphatic heterocycles. The lowest BCUT2D eigenvalue weighted by atomic mass is 10.1. The van der Waals surface area contributed by atoms with Crippen molar-refractivity contribution in [2.45, 2.75) is 46.0 Å². The highest BCUT2D eigenvalue weighted by atomic mass is 16.5. The van der Waals surface area contributed by atoms with Gasteiger partial charge in [0.25, 0.3) is 5.91 Å². The lowest BCUT2D eigenvalue weighted by Crippen LogP contribution is -2.30. The summed E-state index contributed by atoms with van der Waals surface area (Å²) in [5, 5.41) is 6.02. The molecule has 3 aromatic carbocycles. The van der Waals surface area contributed by atoms with Crippen molar-refractivity contribution in [1.29, 1.82) is 0 Å². The van der Waals surface area contributed by atoms with E-state index in [1.54, 1.807) is 17.0 Å².